The lowest BCUT2D eigenvalue weighted by molar-refractivity contribution is -0.117. The third-order valence-corrected chi connectivity index (χ3v) is 5.36. The van der Waals surface area contributed by atoms with Crippen LogP contribution in [0.25, 0.3) is 10.8 Å². The molecule has 5 nitrogen and oxygen atoms in total. The molecule has 0 unspecified atom stereocenters. The van der Waals surface area contributed by atoms with Crippen molar-refractivity contribution in [2.75, 3.05) is 38.0 Å². The summed E-state index contributed by atoms with van der Waals surface area (Å²) in [5.74, 6) is -0.0992. The van der Waals surface area contributed by atoms with E-state index in [1.807, 2.05) is 24.3 Å². The molecule has 29 heavy (non-hydrogen) atoms. The maximum absolute atomic E-state index is 13.0. The van der Waals surface area contributed by atoms with E-state index in [9.17, 15) is 14.3 Å². The minimum atomic E-state index is -0.323. The molecule has 1 heterocycles. The first-order chi connectivity index (χ1) is 14.1. The lowest BCUT2D eigenvalue weighted by Gasteiger charge is -2.34. The third-order valence-electron chi connectivity index (χ3n) is 5.36. The molecule has 1 aliphatic heterocycles. The molecule has 1 aliphatic rings. The maximum atomic E-state index is 13.0. The molecule has 1 fully saturated rings. The second-order valence-corrected chi connectivity index (χ2v) is 7.39. The number of phenols is 1. The van der Waals surface area contributed by atoms with Crippen molar-refractivity contribution in [1.82, 2.24) is 9.80 Å². The molecular weight excluding hydrogens is 369 g/mol. The summed E-state index contributed by atoms with van der Waals surface area (Å²) in [6.45, 7) is 4.21. The molecule has 3 aromatic carbocycles. The third kappa shape index (κ3) is 4.72. The lowest BCUT2D eigenvalue weighted by Crippen LogP contribution is -2.48. The van der Waals surface area contributed by atoms with Crippen LogP contribution in [-0.2, 0) is 11.3 Å². The van der Waals surface area contributed by atoms with Crippen LogP contribution < -0.4 is 5.32 Å². The number of phenolic OH excluding ortho intramolecular Hbond substituents is 1. The van der Waals surface area contributed by atoms with Gasteiger partial charge in [0.1, 0.15) is 11.6 Å². The van der Waals surface area contributed by atoms with Crippen molar-refractivity contribution in [2.24, 2.45) is 0 Å². The van der Waals surface area contributed by atoms with Crippen molar-refractivity contribution in [3.8, 4) is 5.75 Å². The summed E-state index contributed by atoms with van der Waals surface area (Å²) in [5, 5.41) is 15.4. The average molecular weight is 393 g/mol. The molecule has 4 rings (SSSR count). The molecule has 0 aliphatic carbocycles. The van der Waals surface area contributed by atoms with E-state index in [2.05, 4.69) is 21.2 Å². The summed E-state index contributed by atoms with van der Waals surface area (Å²) in [6, 6.07) is 17.6. The van der Waals surface area contributed by atoms with Crippen LogP contribution in [0.2, 0.25) is 0 Å². The van der Waals surface area contributed by atoms with Gasteiger partial charge in [0.15, 0.2) is 0 Å². The molecular formula is C23H24FN3O2. The van der Waals surface area contributed by atoms with E-state index in [1.54, 1.807) is 18.2 Å². The van der Waals surface area contributed by atoms with E-state index in [1.165, 1.54) is 12.1 Å². The van der Waals surface area contributed by atoms with Crippen molar-refractivity contribution in [3.63, 3.8) is 0 Å². The minimum absolute atomic E-state index is 0.100. The smallest absolute Gasteiger partial charge is 0.238 e. The van der Waals surface area contributed by atoms with Crippen molar-refractivity contribution in [2.45, 2.75) is 6.54 Å². The average Bonchev–Trinajstić information content (AvgIpc) is 2.73. The van der Waals surface area contributed by atoms with Gasteiger partial charge in [0.05, 0.1) is 6.54 Å². The molecule has 1 saturated heterocycles. The predicted molar refractivity (Wildman–Crippen MR) is 112 cm³/mol. The van der Waals surface area contributed by atoms with Crippen LogP contribution in [0.15, 0.2) is 60.7 Å². The van der Waals surface area contributed by atoms with E-state index in [0.717, 1.165) is 42.5 Å². The lowest BCUT2D eigenvalue weighted by atomic mass is 10.0. The molecule has 3 aromatic rings. The van der Waals surface area contributed by atoms with Gasteiger partial charge in [-0.3, -0.25) is 14.6 Å². The molecule has 0 aromatic heterocycles. The molecule has 6 heteroatoms. The van der Waals surface area contributed by atoms with Gasteiger partial charge in [-0.2, -0.15) is 0 Å². The predicted octanol–water partition coefficient (Wildman–Crippen LogP) is 3.44. The van der Waals surface area contributed by atoms with Gasteiger partial charge in [-0.05, 0) is 41.1 Å². The summed E-state index contributed by atoms with van der Waals surface area (Å²) in [4.78, 5) is 16.6. The monoisotopic (exact) mass is 393 g/mol. The van der Waals surface area contributed by atoms with E-state index in [4.69, 9.17) is 0 Å². The first-order valence-corrected chi connectivity index (χ1v) is 9.78. The van der Waals surface area contributed by atoms with Crippen LogP contribution in [0.3, 0.4) is 0 Å². The Morgan fingerprint density at radius 2 is 1.62 bits per heavy atom. The normalized spacial score (nSPS) is 15.5. The number of anilines is 1. The van der Waals surface area contributed by atoms with Crippen LogP contribution in [0.4, 0.5) is 10.1 Å². The highest BCUT2D eigenvalue weighted by atomic mass is 19.1. The van der Waals surface area contributed by atoms with Crippen molar-refractivity contribution in [1.29, 1.82) is 0 Å². The van der Waals surface area contributed by atoms with Gasteiger partial charge in [0, 0.05) is 44.0 Å². The fourth-order valence-electron chi connectivity index (χ4n) is 3.76. The minimum Gasteiger partial charge on any atom is -0.508 e. The number of aromatic hydroxyl groups is 1. The number of piperazine rings is 1. The van der Waals surface area contributed by atoms with Gasteiger partial charge in [0.2, 0.25) is 5.91 Å². The van der Waals surface area contributed by atoms with E-state index in [-0.39, 0.29) is 11.7 Å². The summed E-state index contributed by atoms with van der Waals surface area (Å²) in [7, 11) is 0. The van der Waals surface area contributed by atoms with Crippen LogP contribution in [-0.4, -0.2) is 53.5 Å². The van der Waals surface area contributed by atoms with Crippen LogP contribution in [0.5, 0.6) is 5.75 Å². The number of fused-ring (bicyclic) bond motifs is 1. The largest absolute Gasteiger partial charge is 0.508 e. The van der Waals surface area contributed by atoms with Gasteiger partial charge in [-0.1, -0.05) is 30.3 Å². The van der Waals surface area contributed by atoms with E-state index in [0.29, 0.717) is 24.5 Å². The Labute approximate surface area is 169 Å². The number of carbonyl (C=O) groups is 1. The highest BCUT2D eigenvalue weighted by Gasteiger charge is 2.20. The number of benzene rings is 3. The number of hydrogen-bond donors (Lipinski definition) is 2. The Morgan fingerprint density at radius 3 is 2.38 bits per heavy atom. The Balaban J connectivity index is 1.31. The molecule has 150 valence electrons. The molecule has 0 radical (unpaired) electrons. The first kappa shape index (κ1) is 19.4. The molecule has 0 spiro atoms. The zero-order chi connectivity index (χ0) is 20.2. The fourth-order valence-corrected chi connectivity index (χ4v) is 3.76. The van der Waals surface area contributed by atoms with Gasteiger partial charge >= 0.3 is 0 Å². The highest BCUT2D eigenvalue weighted by molar-refractivity contribution is 5.92. The molecule has 1 amide bonds. The summed E-state index contributed by atoms with van der Waals surface area (Å²) < 4.78 is 13.0. The number of halogens is 1. The van der Waals surface area contributed by atoms with Crippen LogP contribution >= 0.6 is 0 Å². The number of rotatable bonds is 5. The zero-order valence-corrected chi connectivity index (χ0v) is 16.1. The Morgan fingerprint density at radius 1 is 0.931 bits per heavy atom. The number of nitrogens with one attached hydrogen (secondary N) is 1. The van der Waals surface area contributed by atoms with Gasteiger partial charge in [-0.25, -0.2) is 4.39 Å². The highest BCUT2D eigenvalue weighted by Crippen LogP contribution is 2.28. The van der Waals surface area contributed by atoms with Gasteiger partial charge in [-0.15, -0.1) is 0 Å². The first-order valence-electron chi connectivity index (χ1n) is 9.78. The second-order valence-electron chi connectivity index (χ2n) is 7.39. The van der Waals surface area contributed by atoms with E-state index >= 15 is 0 Å². The van der Waals surface area contributed by atoms with Crippen LogP contribution in [0.1, 0.15) is 5.56 Å². The van der Waals surface area contributed by atoms with Crippen molar-refractivity contribution in [3.05, 3.63) is 72.0 Å². The molecule has 0 atom stereocenters. The van der Waals surface area contributed by atoms with Crippen LogP contribution in [0, 0.1) is 5.82 Å². The summed E-state index contributed by atoms with van der Waals surface area (Å²) >= 11 is 0. The molecule has 0 bridgehead atoms. The maximum Gasteiger partial charge on any atom is 0.238 e. The van der Waals surface area contributed by atoms with Gasteiger partial charge in [0.25, 0.3) is 0 Å². The number of amides is 1. The van der Waals surface area contributed by atoms with Crippen molar-refractivity contribution < 1.29 is 14.3 Å². The topological polar surface area (TPSA) is 55.8 Å². The van der Waals surface area contributed by atoms with Gasteiger partial charge < -0.3 is 10.4 Å². The van der Waals surface area contributed by atoms with Crippen molar-refractivity contribution >= 4 is 22.4 Å². The summed E-state index contributed by atoms with van der Waals surface area (Å²) in [6.07, 6.45) is 0. The SMILES string of the molecule is O=C(CN1CCN(Cc2c(O)ccc3ccccc23)CC1)Nc1ccc(F)cc1. The number of hydrogen-bond acceptors (Lipinski definition) is 4. The Bertz CT molecular complexity index is 999. The number of carbonyl (C=O) groups excluding carboxylic acids is 1. The number of nitrogens with zero attached hydrogens (tertiary/aromatic N) is 2. The second kappa shape index (κ2) is 8.59. The Kier molecular flexibility index (Phi) is 5.74. The zero-order valence-electron chi connectivity index (χ0n) is 16.1. The quantitative estimate of drug-likeness (QED) is 0.697. The molecule has 0 saturated carbocycles. The summed E-state index contributed by atoms with van der Waals surface area (Å²) in [5.41, 5.74) is 1.55. The molecule has 2 N–H and O–H groups in total. The Hall–Kier alpha value is -2.96. The van der Waals surface area contributed by atoms with E-state index < -0.39 is 0 Å². The fraction of sp³-hybridized carbons (Fsp3) is 0.261. The standard InChI is InChI=1S/C23H24FN3O2/c24-18-6-8-19(9-7-18)25-23(29)16-27-13-11-26(12-14-27)15-21-20-4-2-1-3-17(20)5-10-22(21)28/h1-10,28H,11-16H2,(H,25,29).